The third kappa shape index (κ3) is 6.68. The smallest absolute Gasteiger partial charge is 0.264 e. The summed E-state index contributed by atoms with van der Waals surface area (Å²) in [5.74, 6) is -0.211. The maximum atomic E-state index is 13.9. The van der Waals surface area contributed by atoms with Gasteiger partial charge >= 0.3 is 0 Å². The first-order valence-electron chi connectivity index (χ1n) is 12.0. The first-order valence-corrected chi connectivity index (χ1v) is 13.4. The number of sulfonamides is 1. The highest BCUT2D eigenvalue weighted by molar-refractivity contribution is 7.92. The van der Waals surface area contributed by atoms with Crippen LogP contribution in [0.3, 0.4) is 0 Å². The molecule has 0 fully saturated rings. The van der Waals surface area contributed by atoms with Gasteiger partial charge in [-0.3, -0.25) is 13.9 Å². The van der Waals surface area contributed by atoms with E-state index in [4.69, 9.17) is 4.74 Å². The number of amides is 2. The van der Waals surface area contributed by atoms with Crippen LogP contribution in [0.5, 0.6) is 5.75 Å². The zero-order chi connectivity index (χ0) is 27.0. The summed E-state index contributed by atoms with van der Waals surface area (Å²) in [5.41, 5.74) is 1.97. The van der Waals surface area contributed by atoms with Crippen LogP contribution in [0.1, 0.15) is 24.5 Å². The van der Waals surface area contributed by atoms with E-state index in [-0.39, 0.29) is 17.3 Å². The van der Waals surface area contributed by atoms with Gasteiger partial charge in [-0.25, -0.2) is 8.42 Å². The Morgan fingerprint density at radius 1 is 0.973 bits per heavy atom. The molecule has 0 aromatic heterocycles. The van der Waals surface area contributed by atoms with Crippen molar-refractivity contribution in [3.05, 3.63) is 90.0 Å². The molecule has 0 unspecified atom stereocenters. The molecule has 3 rings (SSSR count). The van der Waals surface area contributed by atoms with Gasteiger partial charge in [0.25, 0.3) is 10.0 Å². The van der Waals surface area contributed by atoms with E-state index < -0.39 is 28.5 Å². The van der Waals surface area contributed by atoms with Gasteiger partial charge in [0.2, 0.25) is 11.8 Å². The maximum Gasteiger partial charge on any atom is 0.264 e. The number of ether oxygens (including phenoxy) is 1. The molecule has 37 heavy (non-hydrogen) atoms. The van der Waals surface area contributed by atoms with Crippen molar-refractivity contribution in [2.45, 2.75) is 37.8 Å². The number of hydrogen-bond donors (Lipinski definition) is 1. The lowest BCUT2D eigenvalue weighted by Gasteiger charge is -2.33. The molecular formula is C28H33N3O5S. The van der Waals surface area contributed by atoms with Gasteiger partial charge in [-0.15, -0.1) is 0 Å². The standard InChI is InChI=1S/C28H33N3O5S/c1-5-26(28(33)29-3)30(19-22-12-10-14-24(18-22)36-4)27(32)20-31(23-13-9-11-21(2)17-23)37(34,35)25-15-7-6-8-16-25/h6-18,26H,5,19-20H2,1-4H3,(H,29,33)/t26-/m0/s1. The third-order valence-corrected chi connectivity index (χ3v) is 7.81. The van der Waals surface area contributed by atoms with Crippen molar-refractivity contribution < 1.29 is 22.7 Å². The molecule has 0 radical (unpaired) electrons. The van der Waals surface area contributed by atoms with Crippen molar-refractivity contribution in [3.8, 4) is 5.75 Å². The van der Waals surface area contributed by atoms with Gasteiger partial charge in [-0.1, -0.05) is 49.4 Å². The van der Waals surface area contributed by atoms with E-state index in [0.717, 1.165) is 15.4 Å². The first-order chi connectivity index (χ1) is 17.7. The topological polar surface area (TPSA) is 96.0 Å². The molecule has 0 aliphatic heterocycles. The van der Waals surface area contributed by atoms with Crippen LogP contribution >= 0.6 is 0 Å². The normalized spacial score (nSPS) is 11.9. The second kappa shape index (κ2) is 12.4. The Labute approximate surface area is 218 Å². The predicted octanol–water partition coefficient (Wildman–Crippen LogP) is 3.75. The highest BCUT2D eigenvalue weighted by Crippen LogP contribution is 2.26. The van der Waals surface area contributed by atoms with E-state index in [2.05, 4.69) is 5.32 Å². The minimum absolute atomic E-state index is 0.0713. The lowest BCUT2D eigenvalue weighted by atomic mass is 10.1. The van der Waals surface area contributed by atoms with Crippen molar-refractivity contribution in [1.82, 2.24) is 10.2 Å². The molecule has 8 nitrogen and oxygen atoms in total. The summed E-state index contributed by atoms with van der Waals surface area (Å²) < 4.78 is 33.9. The number of rotatable bonds is 11. The van der Waals surface area contributed by atoms with Crippen LogP contribution in [0.15, 0.2) is 83.8 Å². The van der Waals surface area contributed by atoms with Crippen LogP contribution in [0.25, 0.3) is 0 Å². The number of benzene rings is 3. The fourth-order valence-corrected chi connectivity index (χ4v) is 5.51. The Kier molecular flexibility index (Phi) is 9.30. The van der Waals surface area contributed by atoms with Gasteiger partial charge in [0.15, 0.2) is 0 Å². The fourth-order valence-electron chi connectivity index (χ4n) is 4.09. The monoisotopic (exact) mass is 523 g/mol. The van der Waals surface area contributed by atoms with Crippen molar-refractivity contribution in [2.24, 2.45) is 0 Å². The molecule has 0 spiro atoms. The van der Waals surface area contributed by atoms with Crippen LogP contribution in [0.4, 0.5) is 5.69 Å². The Morgan fingerprint density at radius 3 is 2.30 bits per heavy atom. The van der Waals surface area contributed by atoms with Crippen molar-refractivity contribution >= 4 is 27.5 Å². The van der Waals surface area contributed by atoms with Crippen LogP contribution in [0.2, 0.25) is 0 Å². The lowest BCUT2D eigenvalue weighted by Crippen LogP contribution is -2.51. The molecule has 2 amide bonds. The molecule has 9 heteroatoms. The number of nitrogens with one attached hydrogen (secondary N) is 1. The average Bonchev–Trinajstić information content (AvgIpc) is 2.91. The van der Waals surface area contributed by atoms with Crippen molar-refractivity contribution in [1.29, 1.82) is 0 Å². The number of hydrogen-bond acceptors (Lipinski definition) is 5. The summed E-state index contributed by atoms with van der Waals surface area (Å²) in [4.78, 5) is 28.1. The summed E-state index contributed by atoms with van der Waals surface area (Å²) in [7, 11) is -1.01. The van der Waals surface area contributed by atoms with Gasteiger partial charge in [0, 0.05) is 13.6 Å². The second-order valence-corrected chi connectivity index (χ2v) is 10.4. The highest BCUT2D eigenvalue weighted by Gasteiger charge is 2.33. The molecule has 0 saturated carbocycles. The van der Waals surface area contributed by atoms with Crippen molar-refractivity contribution in [3.63, 3.8) is 0 Å². The Morgan fingerprint density at radius 2 is 1.68 bits per heavy atom. The number of anilines is 1. The first kappa shape index (κ1) is 27.7. The largest absolute Gasteiger partial charge is 0.497 e. The SMILES string of the molecule is CC[C@@H](C(=O)NC)N(Cc1cccc(OC)c1)C(=O)CN(c1cccc(C)c1)S(=O)(=O)c1ccccc1. The molecule has 1 N–H and O–H groups in total. The number of carbonyl (C=O) groups excluding carboxylic acids is 2. The fraction of sp³-hybridized carbons (Fsp3) is 0.286. The number of nitrogens with zero attached hydrogens (tertiary/aromatic N) is 2. The van der Waals surface area contributed by atoms with Gasteiger partial charge in [-0.05, 0) is 60.9 Å². The Hall–Kier alpha value is -3.85. The quantitative estimate of drug-likeness (QED) is 0.413. The van der Waals surface area contributed by atoms with Gasteiger partial charge in [-0.2, -0.15) is 0 Å². The van der Waals surface area contributed by atoms with Crippen LogP contribution in [0, 0.1) is 6.92 Å². The molecule has 0 heterocycles. The molecule has 0 aliphatic carbocycles. The number of carbonyl (C=O) groups is 2. The van der Waals surface area contributed by atoms with Crippen LogP contribution < -0.4 is 14.4 Å². The summed E-state index contributed by atoms with van der Waals surface area (Å²) in [6.07, 6.45) is 0.352. The van der Waals surface area contributed by atoms with E-state index in [0.29, 0.717) is 17.9 Å². The Balaban J connectivity index is 2.05. The summed E-state index contributed by atoms with van der Waals surface area (Å²) in [6.45, 7) is 3.30. The third-order valence-electron chi connectivity index (χ3n) is 6.02. The van der Waals surface area contributed by atoms with Gasteiger partial charge < -0.3 is 15.0 Å². The zero-order valence-corrected chi connectivity index (χ0v) is 22.4. The number of aryl methyl sites for hydroxylation is 1. The van der Waals surface area contributed by atoms with E-state index in [9.17, 15) is 18.0 Å². The van der Waals surface area contributed by atoms with Gasteiger partial charge in [0.1, 0.15) is 18.3 Å². The van der Waals surface area contributed by atoms with E-state index in [1.165, 1.54) is 24.1 Å². The minimum atomic E-state index is -4.08. The Bertz CT molecular complexity index is 1330. The highest BCUT2D eigenvalue weighted by atomic mass is 32.2. The number of likely N-dealkylation sites (N-methyl/N-ethyl adjacent to an activating group) is 1. The van der Waals surface area contributed by atoms with E-state index in [1.54, 1.807) is 61.7 Å². The van der Waals surface area contributed by atoms with Crippen LogP contribution in [-0.2, 0) is 26.2 Å². The molecule has 3 aromatic rings. The number of methoxy groups -OCH3 is 1. The predicted molar refractivity (Wildman–Crippen MR) is 144 cm³/mol. The molecule has 0 bridgehead atoms. The van der Waals surface area contributed by atoms with E-state index in [1.807, 2.05) is 26.0 Å². The molecule has 3 aromatic carbocycles. The summed E-state index contributed by atoms with van der Waals surface area (Å²) in [6, 6.07) is 21.4. The minimum Gasteiger partial charge on any atom is -0.497 e. The molecular weight excluding hydrogens is 490 g/mol. The van der Waals surface area contributed by atoms with Crippen molar-refractivity contribution in [2.75, 3.05) is 25.0 Å². The lowest BCUT2D eigenvalue weighted by molar-refractivity contribution is -0.140. The molecule has 0 aliphatic rings. The molecule has 0 saturated heterocycles. The van der Waals surface area contributed by atoms with E-state index >= 15 is 0 Å². The van der Waals surface area contributed by atoms with Crippen LogP contribution in [-0.4, -0.2) is 51.9 Å². The molecule has 196 valence electrons. The zero-order valence-electron chi connectivity index (χ0n) is 21.5. The second-order valence-electron chi connectivity index (χ2n) is 8.58. The van der Waals surface area contributed by atoms with Gasteiger partial charge in [0.05, 0.1) is 17.7 Å². The molecule has 1 atom stereocenters. The summed E-state index contributed by atoms with van der Waals surface area (Å²) >= 11 is 0. The average molecular weight is 524 g/mol. The summed E-state index contributed by atoms with van der Waals surface area (Å²) in [5, 5.41) is 2.62. The maximum absolute atomic E-state index is 13.9.